The van der Waals surface area contributed by atoms with Crippen LogP contribution in [0.15, 0.2) is 42.0 Å². The van der Waals surface area contributed by atoms with Crippen LogP contribution in [-0.2, 0) is 16.0 Å². The third-order valence-corrected chi connectivity index (χ3v) is 4.16. The van der Waals surface area contributed by atoms with Crippen molar-refractivity contribution in [3.63, 3.8) is 0 Å². The van der Waals surface area contributed by atoms with E-state index < -0.39 is 0 Å². The van der Waals surface area contributed by atoms with E-state index in [0.29, 0.717) is 13.1 Å². The topological polar surface area (TPSA) is 63.4 Å². The van der Waals surface area contributed by atoms with Gasteiger partial charge in [0, 0.05) is 19.2 Å². The summed E-state index contributed by atoms with van der Waals surface area (Å²) in [5.74, 6) is -0.505. The number of aryl methyl sites for hydroxylation is 1. The maximum atomic E-state index is 12.3. The number of nitrogens with zero attached hydrogens (tertiary/aromatic N) is 1. The Bertz CT molecular complexity index is 551. The highest BCUT2D eigenvalue weighted by molar-refractivity contribution is 5.89. The van der Waals surface area contributed by atoms with Crippen LogP contribution in [-0.4, -0.2) is 29.8 Å². The van der Waals surface area contributed by atoms with Gasteiger partial charge in [0.2, 0.25) is 11.8 Å². The van der Waals surface area contributed by atoms with Crippen molar-refractivity contribution in [2.45, 2.75) is 32.6 Å². The van der Waals surface area contributed by atoms with Gasteiger partial charge in [-0.2, -0.15) is 0 Å². The van der Waals surface area contributed by atoms with Crippen molar-refractivity contribution < 1.29 is 9.59 Å². The van der Waals surface area contributed by atoms with Gasteiger partial charge in [-0.15, -0.1) is 0 Å². The smallest absolute Gasteiger partial charge is 0.246 e. The Morgan fingerprint density at radius 2 is 2.05 bits per heavy atom. The van der Waals surface area contributed by atoms with Crippen molar-refractivity contribution in [1.82, 2.24) is 4.90 Å². The van der Waals surface area contributed by atoms with Gasteiger partial charge in [0.05, 0.1) is 5.92 Å². The summed E-state index contributed by atoms with van der Waals surface area (Å²) < 4.78 is 0. The zero-order valence-corrected chi connectivity index (χ0v) is 13.1. The van der Waals surface area contributed by atoms with E-state index in [0.717, 1.165) is 31.3 Å². The van der Waals surface area contributed by atoms with Crippen molar-refractivity contribution in [3.8, 4) is 0 Å². The van der Waals surface area contributed by atoms with Gasteiger partial charge in [-0.1, -0.05) is 35.9 Å². The highest BCUT2D eigenvalue weighted by Gasteiger charge is 2.25. The molecule has 1 aromatic carbocycles. The summed E-state index contributed by atoms with van der Waals surface area (Å²) in [6, 6.07) is 10.2. The van der Waals surface area contributed by atoms with Crippen molar-refractivity contribution in [3.05, 3.63) is 47.5 Å². The standard InChI is InChI=1S/C18H24N2O2/c1-14(9-10-15-6-3-2-4-7-15)12-17(21)20-11-5-8-16(13-20)18(19)22/h2-4,6-7,12,16H,5,8-11,13H2,1H3,(H2,19,22)/b14-12-/t16-/m1/s1. The SMILES string of the molecule is C/C(=C/C(=O)N1CCC[C@@H](C(N)=O)C1)CCc1ccccc1. The van der Waals surface area contributed by atoms with Gasteiger partial charge >= 0.3 is 0 Å². The number of hydrogen-bond donors (Lipinski definition) is 1. The molecule has 1 atom stereocenters. The number of allylic oxidation sites excluding steroid dienone is 1. The van der Waals surface area contributed by atoms with Crippen molar-refractivity contribution >= 4 is 11.8 Å². The lowest BCUT2D eigenvalue weighted by Crippen LogP contribution is -2.43. The van der Waals surface area contributed by atoms with Crippen LogP contribution in [0.4, 0.5) is 0 Å². The van der Waals surface area contributed by atoms with Gasteiger partial charge in [-0.3, -0.25) is 9.59 Å². The van der Waals surface area contributed by atoms with Crippen molar-refractivity contribution in [1.29, 1.82) is 0 Å². The first-order valence-corrected chi connectivity index (χ1v) is 7.85. The lowest BCUT2D eigenvalue weighted by molar-refractivity contribution is -0.130. The van der Waals surface area contributed by atoms with Gasteiger partial charge in [0.1, 0.15) is 0 Å². The minimum absolute atomic E-state index is 0.00323. The van der Waals surface area contributed by atoms with E-state index in [1.165, 1.54) is 5.56 Å². The second-order valence-electron chi connectivity index (χ2n) is 6.00. The number of likely N-dealkylation sites (tertiary alicyclic amines) is 1. The van der Waals surface area contributed by atoms with Crippen LogP contribution in [0, 0.1) is 5.92 Å². The number of nitrogens with two attached hydrogens (primary N) is 1. The van der Waals surface area contributed by atoms with Crippen LogP contribution in [0.2, 0.25) is 0 Å². The van der Waals surface area contributed by atoms with Gasteiger partial charge in [0.25, 0.3) is 0 Å². The third-order valence-electron chi connectivity index (χ3n) is 4.16. The molecule has 0 radical (unpaired) electrons. The van der Waals surface area contributed by atoms with E-state index in [9.17, 15) is 9.59 Å². The first-order valence-electron chi connectivity index (χ1n) is 7.85. The predicted molar refractivity (Wildman–Crippen MR) is 87.0 cm³/mol. The fourth-order valence-electron chi connectivity index (χ4n) is 2.77. The third kappa shape index (κ3) is 4.72. The molecule has 4 nitrogen and oxygen atoms in total. The molecule has 1 aliphatic heterocycles. The number of hydrogen-bond acceptors (Lipinski definition) is 2. The minimum Gasteiger partial charge on any atom is -0.369 e. The van der Waals surface area contributed by atoms with E-state index in [1.807, 2.05) is 25.1 Å². The maximum absolute atomic E-state index is 12.3. The monoisotopic (exact) mass is 300 g/mol. The van der Waals surface area contributed by atoms with Crippen LogP contribution < -0.4 is 5.73 Å². The minimum atomic E-state index is -0.303. The molecule has 0 bridgehead atoms. The van der Waals surface area contributed by atoms with Gasteiger partial charge in [0.15, 0.2) is 0 Å². The molecule has 4 heteroatoms. The molecule has 1 aliphatic rings. The van der Waals surface area contributed by atoms with Gasteiger partial charge in [-0.05, 0) is 38.2 Å². The zero-order chi connectivity index (χ0) is 15.9. The van der Waals surface area contributed by atoms with E-state index in [1.54, 1.807) is 11.0 Å². The Balaban J connectivity index is 1.87. The highest BCUT2D eigenvalue weighted by atomic mass is 16.2. The molecule has 0 unspecified atom stereocenters. The van der Waals surface area contributed by atoms with Crippen LogP contribution in [0.1, 0.15) is 31.7 Å². The van der Waals surface area contributed by atoms with Crippen LogP contribution in [0.3, 0.4) is 0 Å². The zero-order valence-electron chi connectivity index (χ0n) is 13.1. The molecule has 0 aromatic heterocycles. The first kappa shape index (κ1) is 16.3. The Morgan fingerprint density at radius 1 is 1.32 bits per heavy atom. The Kier molecular flexibility index (Phi) is 5.75. The second kappa shape index (κ2) is 7.78. The number of benzene rings is 1. The molecular formula is C18H24N2O2. The van der Waals surface area contributed by atoms with Crippen molar-refractivity contribution in [2.24, 2.45) is 11.7 Å². The lowest BCUT2D eigenvalue weighted by Gasteiger charge is -2.30. The molecule has 118 valence electrons. The van der Waals surface area contributed by atoms with Gasteiger partial charge < -0.3 is 10.6 Å². The highest BCUT2D eigenvalue weighted by Crippen LogP contribution is 2.17. The Hall–Kier alpha value is -2.10. The van der Waals surface area contributed by atoms with Gasteiger partial charge in [-0.25, -0.2) is 0 Å². The number of rotatable bonds is 5. The molecule has 2 amide bonds. The fourth-order valence-corrected chi connectivity index (χ4v) is 2.77. The average molecular weight is 300 g/mol. The number of amides is 2. The normalized spacial score (nSPS) is 19.0. The van der Waals surface area contributed by atoms with Crippen LogP contribution >= 0.6 is 0 Å². The molecular weight excluding hydrogens is 276 g/mol. The molecule has 1 fully saturated rings. The van der Waals surface area contributed by atoms with E-state index in [2.05, 4.69) is 12.1 Å². The molecule has 0 spiro atoms. The molecule has 1 aromatic rings. The summed E-state index contributed by atoms with van der Waals surface area (Å²) in [6.07, 6.45) is 5.13. The Labute approximate surface area is 132 Å². The predicted octanol–water partition coefficient (Wildman–Crippen LogP) is 2.29. The molecule has 1 heterocycles. The van der Waals surface area contributed by atoms with Crippen molar-refractivity contribution in [2.75, 3.05) is 13.1 Å². The Morgan fingerprint density at radius 3 is 2.73 bits per heavy atom. The summed E-state index contributed by atoms with van der Waals surface area (Å²) in [5, 5.41) is 0. The summed E-state index contributed by atoms with van der Waals surface area (Å²) in [6.45, 7) is 3.15. The van der Waals surface area contributed by atoms with E-state index in [-0.39, 0.29) is 17.7 Å². The lowest BCUT2D eigenvalue weighted by atomic mass is 9.97. The molecule has 0 aliphatic carbocycles. The number of carbonyl (C=O) groups is 2. The number of piperidine rings is 1. The molecule has 22 heavy (non-hydrogen) atoms. The summed E-state index contributed by atoms with van der Waals surface area (Å²) >= 11 is 0. The fraction of sp³-hybridized carbons (Fsp3) is 0.444. The average Bonchev–Trinajstić information content (AvgIpc) is 2.54. The summed E-state index contributed by atoms with van der Waals surface area (Å²) in [4.78, 5) is 25.3. The van der Waals surface area contributed by atoms with E-state index in [4.69, 9.17) is 5.73 Å². The molecule has 2 N–H and O–H groups in total. The van der Waals surface area contributed by atoms with Crippen LogP contribution in [0.25, 0.3) is 0 Å². The quantitative estimate of drug-likeness (QED) is 0.848. The van der Waals surface area contributed by atoms with Crippen LogP contribution in [0.5, 0.6) is 0 Å². The van der Waals surface area contributed by atoms with E-state index >= 15 is 0 Å². The molecule has 2 rings (SSSR count). The largest absolute Gasteiger partial charge is 0.369 e. The number of carbonyl (C=O) groups excluding carboxylic acids is 2. The second-order valence-corrected chi connectivity index (χ2v) is 6.00. The first-order chi connectivity index (χ1) is 10.6. The molecule has 1 saturated heterocycles. The molecule has 0 saturated carbocycles. The maximum Gasteiger partial charge on any atom is 0.246 e. The summed E-state index contributed by atoms with van der Waals surface area (Å²) in [5.41, 5.74) is 7.69. The summed E-state index contributed by atoms with van der Waals surface area (Å²) in [7, 11) is 0. The number of primary amides is 1.